The lowest BCUT2D eigenvalue weighted by Crippen LogP contribution is -2.39. The minimum absolute atomic E-state index is 0.00180. The minimum atomic E-state index is -0.428. The highest BCUT2D eigenvalue weighted by Gasteiger charge is 2.62. The van der Waals surface area contributed by atoms with Gasteiger partial charge in [0.2, 0.25) is 0 Å². The highest BCUT2D eigenvalue weighted by molar-refractivity contribution is 5.76. The Balaban J connectivity index is 1.61. The van der Waals surface area contributed by atoms with E-state index in [9.17, 15) is 4.79 Å². The molecule has 0 heterocycles. The second kappa shape index (κ2) is 10.7. The van der Waals surface area contributed by atoms with Gasteiger partial charge in [-0.05, 0) is 74.0 Å². The van der Waals surface area contributed by atoms with Crippen molar-refractivity contribution in [1.29, 1.82) is 0 Å². The van der Waals surface area contributed by atoms with Gasteiger partial charge in [0, 0.05) is 0 Å². The maximum Gasteiger partial charge on any atom is 0.311 e. The molecule has 3 aliphatic carbocycles. The van der Waals surface area contributed by atoms with E-state index < -0.39 is 5.41 Å². The van der Waals surface area contributed by atoms with Crippen molar-refractivity contribution in [2.45, 2.75) is 106 Å². The summed E-state index contributed by atoms with van der Waals surface area (Å²) >= 11 is 0. The summed E-state index contributed by atoms with van der Waals surface area (Å²) in [4.78, 5) is 12.8. The fraction of sp³-hybridized carbons (Fsp3) is 0.964. The molecule has 198 valence electrons. The van der Waals surface area contributed by atoms with Crippen molar-refractivity contribution in [2.75, 3.05) is 26.8 Å². The van der Waals surface area contributed by atoms with Crippen LogP contribution in [-0.4, -0.2) is 51.1 Å². The number of carbonyl (C=O) groups is 1. The molecule has 3 aliphatic rings. The molecule has 7 atom stereocenters. The molecule has 2 bridgehead atoms. The first-order valence-corrected chi connectivity index (χ1v) is 13.3. The highest BCUT2D eigenvalue weighted by atomic mass is 16.7. The molecule has 3 rings (SSSR count). The first-order valence-electron chi connectivity index (χ1n) is 13.3. The summed E-state index contributed by atoms with van der Waals surface area (Å²) in [6.45, 7) is 20.8. The van der Waals surface area contributed by atoms with E-state index >= 15 is 0 Å². The minimum Gasteiger partial charge on any atom is -0.462 e. The molecule has 0 aromatic heterocycles. The fourth-order valence-corrected chi connectivity index (χ4v) is 5.88. The molecule has 0 aliphatic heterocycles. The molecule has 7 unspecified atom stereocenters. The predicted octanol–water partition coefficient (Wildman–Crippen LogP) is 5.82. The van der Waals surface area contributed by atoms with E-state index in [1.807, 2.05) is 20.8 Å². The van der Waals surface area contributed by atoms with Gasteiger partial charge < -0.3 is 23.7 Å². The van der Waals surface area contributed by atoms with Gasteiger partial charge in [-0.1, -0.05) is 48.5 Å². The lowest BCUT2D eigenvalue weighted by atomic mass is 9.79. The molecule has 6 nitrogen and oxygen atoms in total. The number of hydrogen-bond acceptors (Lipinski definition) is 6. The molecular weight excluding hydrogens is 432 g/mol. The smallest absolute Gasteiger partial charge is 0.311 e. The fourth-order valence-electron chi connectivity index (χ4n) is 5.88. The van der Waals surface area contributed by atoms with Crippen molar-refractivity contribution in [3.05, 3.63) is 0 Å². The number of esters is 1. The van der Waals surface area contributed by atoms with Crippen LogP contribution in [0.2, 0.25) is 0 Å². The van der Waals surface area contributed by atoms with Gasteiger partial charge in [0.1, 0.15) is 19.7 Å². The zero-order valence-corrected chi connectivity index (χ0v) is 23.1. The maximum absolute atomic E-state index is 12.8. The third-order valence-electron chi connectivity index (χ3n) is 7.90. The molecule has 0 spiro atoms. The maximum atomic E-state index is 12.8. The van der Waals surface area contributed by atoms with Crippen LogP contribution in [0.15, 0.2) is 0 Å². The van der Waals surface area contributed by atoms with E-state index in [4.69, 9.17) is 23.7 Å². The Bertz CT molecular complexity index is 675. The molecule has 6 heteroatoms. The van der Waals surface area contributed by atoms with Gasteiger partial charge in [-0.25, -0.2) is 0 Å². The number of fused-ring (bicyclic) bond motifs is 5. The lowest BCUT2D eigenvalue weighted by Gasteiger charge is -2.35. The van der Waals surface area contributed by atoms with Crippen LogP contribution in [0.5, 0.6) is 0 Å². The number of ether oxygens (including phenoxy) is 5. The Kier molecular flexibility index (Phi) is 8.81. The van der Waals surface area contributed by atoms with Gasteiger partial charge in [-0.2, -0.15) is 0 Å². The molecule has 3 fully saturated rings. The van der Waals surface area contributed by atoms with Gasteiger partial charge in [0.05, 0.1) is 30.8 Å². The van der Waals surface area contributed by atoms with Crippen molar-refractivity contribution in [3.8, 4) is 0 Å². The summed E-state index contributed by atoms with van der Waals surface area (Å²) in [6, 6.07) is 0. The molecule has 0 saturated heterocycles. The molecule has 3 saturated carbocycles. The molecular formula is C28H50O6. The second-order valence-corrected chi connectivity index (χ2v) is 13.9. The normalized spacial score (nSPS) is 33.4. The first-order chi connectivity index (χ1) is 15.7. The third-order valence-corrected chi connectivity index (χ3v) is 7.90. The lowest BCUT2D eigenvalue weighted by molar-refractivity contribution is -0.179. The van der Waals surface area contributed by atoms with Crippen molar-refractivity contribution in [3.63, 3.8) is 0 Å². The van der Waals surface area contributed by atoms with E-state index in [0.717, 1.165) is 25.7 Å². The van der Waals surface area contributed by atoms with Crippen LogP contribution >= 0.6 is 0 Å². The molecule has 0 radical (unpaired) electrons. The number of rotatable bonds is 11. The highest BCUT2D eigenvalue weighted by Crippen LogP contribution is 2.60. The quantitative estimate of drug-likeness (QED) is 0.210. The van der Waals surface area contributed by atoms with Gasteiger partial charge in [-0.3, -0.25) is 4.79 Å². The van der Waals surface area contributed by atoms with E-state index in [1.54, 1.807) is 0 Å². The van der Waals surface area contributed by atoms with E-state index in [0.29, 0.717) is 36.9 Å². The van der Waals surface area contributed by atoms with E-state index in [2.05, 4.69) is 41.5 Å². The Hall–Kier alpha value is -0.690. The van der Waals surface area contributed by atoms with Crippen molar-refractivity contribution >= 4 is 5.97 Å². The summed E-state index contributed by atoms with van der Waals surface area (Å²) in [6.07, 6.45) is 3.79. The van der Waals surface area contributed by atoms with E-state index in [-0.39, 0.29) is 48.7 Å². The van der Waals surface area contributed by atoms with Crippen LogP contribution in [0.25, 0.3) is 0 Å². The number of hydrogen-bond donors (Lipinski definition) is 0. The summed E-state index contributed by atoms with van der Waals surface area (Å²) in [7, 11) is 0. The summed E-state index contributed by atoms with van der Waals surface area (Å²) in [5.74, 6) is 1.74. The Morgan fingerprint density at radius 2 is 1.35 bits per heavy atom. The number of carbonyl (C=O) groups excluding carboxylic acids is 1. The summed E-state index contributed by atoms with van der Waals surface area (Å²) < 4.78 is 30.3. The van der Waals surface area contributed by atoms with Crippen LogP contribution in [0.3, 0.4) is 0 Å². The van der Waals surface area contributed by atoms with Crippen LogP contribution in [0.4, 0.5) is 0 Å². The van der Waals surface area contributed by atoms with Crippen molar-refractivity contribution < 1.29 is 28.5 Å². The Morgan fingerprint density at radius 1 is 0.765 bits per heavy atom. The zero-order chi connectivity index (χ0) is 25.3. The second-order valence-electron chi connectivity index (χ2n) is 13.9. The van der Waals surface area contributed by atoms with Crippen LogP contribution in [-0.2, 0) is 28.5 Å². The molecule has 0 aromatic rings. The van der Waals surface area contributed by atoms with Crippen molar-refractivity contribution in [1.82, 2.24) is 0 Å². The van der Waals surface area contributed by atoms with Crippen molar-refractivity contribution in [2.24, 2.45) is 39.9 Å². The molecule has 0 aromatic carbocycles. The van der Waals surface area contributed by atoms with Crippen LogP contribution < -0.4 is 0 Å². The van der Waals surface area contributed by atoms with E-state index in [1.165, 1.54) is 0 Å². The predicted molar refractivity (Wildman–Crippen MR) is 132 cm³/mol. The third kappa shape index (κ3) is 6.96. The molecule has 34 heavy (non-hydrogen) atoms. The average molecular weight is 483 g/mol. The van der Waals surface area contributed by atoms with Gasteiger partial charge in [0.15, 0.2) is 0 Å². The molecule has 0 amide bonds. The monoisotopic (exact) mass is 482 g/mol. The van der Waals surface area contributed by atoms with Gasteiger partial charge in [0.25, 0.3) is 0 Å². The standard InChI is InChI=1S/C28H50O6/c1-10-28(8,9)25(29)34-21-12-18-11-19(21)20-13-22(32-16-30-14-26(2,3)4)24(23(18)20)33-17-31-15-27(5,6)7/h18-24H,10-17H2,1-9H3. The van der Waals surface area contributed by atoms with Gasteiger partial charge >= 0.3 is 5.97 Å². The summed E-state index contributed by atoms with van der Waals surface area (Å²) in [5.41, 5.74) is -0.217. The van der Waals surface area contributed by atoms with Crippen LogP contribution in [0, 0.1) is 39.9 Å². The summed E-state index contributed by atoms with van der Waals surface area (Å²) in [5, 5.41) is 0. The largest absolute Gasteiger partial charge is 0.462 e. The first kappa shape index (κ1) is 27.9. The van der Waals surface area contributed by atoms with Gasteiger partial charge in [-0.15, -0.1) is 0 Å². The van der Waals surface area contributed by atoms with Crippen LogP contribution in [0.1, 0.15) is 88.0 Å². The average Bonchev–Trinajstić information content (AvgIpc) is 3.37. The SMILES string of the molecule is CCC(C)(C)C(=O)OC1CC2CC1C1CC(OCOCC(C)(C)C)C(OCOCC(C)(C)C)C21. The zero-order valence-electron chi connectivity index (χ0n) is 23.1. The Labute approximate surface area is 207 Å². The topological polar surface area (TPSA) is 63.2 Å². The Morgan fingerprint density at radius 3 is 1.91 bits per heavy atom. The molecule has 0 N–H and O–H groups in total.